The Bertz CT molecular complexity index is 376. The molecule has 2 nitrogen and oxygen atoms in total. The minimum absolute atomic E-state index is 0.565. The zero-order valence-electron chi connectivity index (χ0n) is 12.3. The molecule has 4 heteroatoms. The van der Waals surface area contributed by atoms with Crippen molar-refractivity contribution in [2.24, 2.45) is 0 Å². The van der Waals surface area contributed by atoms with E-state index in [2.05, 4.69) is 54.9 Å². The van der Waals surface area contributed by atoms with Gasteiger partial charge in [-0.1, -0.05) is 20.8 Å². The zero-order valence-corrected chi connectivity index (χ0v) is 13.9. The molecule has 0 spiro atoms. The number of thioether (sulfide) groups is 1. The van der Waals surface area contributed by atoms with Crippen LogP contribution in [-0.4, -0.2) is 35.0 Å². The molecular weight excluding hydrogens is 272 g/mol. The predicted molar refractivity (Wildman–Crippen MR) is 88.1 cm³/mol. The topological polar surface area (TPSA) is 15.3 Å². The Morgan fingerprint density at radius 3 is 2.89 bits per heavy atom. The summed E-state index contributed by atoms with van der Waals surface area (Å²) in [4.78, 5) is 5.60. The van der Waals surface area contributed by atoms with Crippen LogP contribution < -0.4 is 5.32 Å². The van der Waals surface area contributed by atoms with E-state index in [9.17, 15) is 0 Å². The summed E-state index contributed by atoms with van der Waals surface area (Å²) < 4.78 is 0. The molecule has 108 valence electrons. The summed E-state index contributed by atoms with van der Waals surface area (Å²) in [5.41, 5.74) is 0. The molecule has 1 aromatic rings. The highest BCUT2D eigenvalue weighted by Gasteiger charge is 2.19. The van der Waals surface area contributed by atoms with Crippen LogP contribution in [0.25, 0.3) is 0 Å². The van der Waals surface area contributed by atoms with Gasteiger partial charge in [0.05, 0.1) is 0 Å². The third kappa shape index (κ3) is 5.10. The SMILES string of the molecule is CCC1CN(Cc2ccc(CNC(C)C)s2)CCS1. The van der Waals surface area contributed by atoms with Crippen molar-refractivity contribution in [3.05, 3.63) is 21.9 Å². The van der Waals surface area contributed by atoms with E-state index in [-0.39, 0.29) is 0 Å². The van der Waals surface area contributed by atoms with E-state index in [0.29, 0.717) is 6.04 Å². The lowest BCUT2D eigenvalue weighted by Crippen LogP contribution is -2.36. The van der Waals surface area contributed by atoms with Gasteiger partial charge < -0.3 is 5.32 Å². The molecule has 1 aliphatic heterocycles. The van der Waals surface area contributed by atoms with Crippen LogP contribution in [0.15, 0.2) is 12.1 Å². The normalized spacial score (nSPS) is 21.2. The Kier molecular flexibility index (Phi) is 6.20. The fourth-order valence-electron chi connectivity index (χ4n) is 2.30. The van der Waals surface area contributed by atoms with Crippen molar-refractivity contribution in [3.63, 3.8) is 0 Å². The summed E-state index contributed by atoms with van der Waals surface area (Å²) in [6, 6.07) is 5.16. The standard InChI is InChI=1S/C15H26N2S2/c1-4-13-10-17(7-8-18-13)11-15-6-5-14(19-15)9-16-12(2)3/h5-6,12-13,16H,4,7-11H2,1-3H3. The maximum absolute atomic E-state index is 3.49. The van der Waals surface area contributed by atoms with Crippen LogP contribution in [0, 0.1) is 0 Å². The molecule has 0 radical (unpaired) electrons. The van der Waals surface area contributed by atoms with E-state index in [1.54, 1.807) is 0 Å². The quantitative estimate of drug-likeness (QED) is 0.864. The van der Waals surface area contributed by atoms with Gasteiger partial charge in [-0.15, -0.1) is 11.3 Å². The van der Waals surface area contributed by atoms with Crippen LogP contribution >= 0.6 is 23.1 Å². The van der Waals surface area contributed by atoms with Gasteiger partial charge in [0.25, 0.3) is 0 Å². The van der Waals surface area contributed by atoms with Crippen LogP contribution in [0.4, 0.5) is 0 Å². The van der Waals surface area contributed by atoms with Crippen LogP contribution in [0.2, 0.25) is 0 Å². The van der Waals surface area contributed by atoms with Crippen LogP contribution in [0.3, 0.4) is 0 Å². The first-order chi connectivity index (χ1) is 9.17. The Morgan fingerprint density at radius 2 is 2.16 bits per heavy atom. The first-order valence-electron chi connectivity index (χ1n) is 7.32. The summed E-state index contributed by atoms with van der Waals surface area (Å²) in [6.07, 6.45) is 1.30. The fraction of sp³-hybridized carbons (Fsp3) is 0.733. The zero-order chi connectivity index (χ0) is 13.7. The highest BCUT2D eigenvalue weighted by atomic mass is 32.2. The molecular formula is C15H26N2S2. The van der Waals surface area contributed by atoms with Gasteiger partial charge in [0, 0.05) is 53.0 Å². The Labute approximate surface area is 126 Å². The predicted octanol–water partition coefficient (Wildman–Crippen LogP) is 3.57. The van der Waals surface area contributed by atoms with E-state index in [0.717, 1.165) is 18.3 Å². The van der Waals surface area contributed by atoms with Crippen LogP contribution in [0.5, 0.6) is 0 Å². The van der Waals surface area contributed by atoms with E-state index in [1.807, 2.05) is 11.3 Å². The summed E-state index contributed by atoms with van der Waals surface area (Å²) in [7, 11) is 0. The molecule has 0 bridgehead atoms. The van der Waals surface area contributed by atoms with Crippen molar-refractivity contribution >= 4 is 23.1 Å². The highest BCUT2D eigenvalue weighted by Crippen LogP contribution is 2.24. The molecule has 1 saturated heterocycles. The van der Waals surface area contributed by atoms with Gasteiger partial charge in [0.1, 0.15) is 0 Å². The largest absolute Gasteiger partial charge is 0.310 e. The number of hydrogen-bond donors (Lipinski definition) is 1. The average molecular weight is 299 g/mol. The van der Waals surface area contributed by atoms with Gasteiger partial charge in [0.15, 0.2) is 0 Å². The van der Waals surface area contributed by atoms with Gasteiger partial charge in [-0.3, -0.25) is 4.90 Å². The number of nitrogens with one attached hydrogen (secondary N) is 1. The molecule has 19 heavy (non-hydrogen) atoms. The molecule has 1 aromatic heterocycles. The molecule has 1 fully saturated rings. The number of nitrogens with zero attached hydrogens (tertiary/aromatic N) is 1. The summed E-state index contributed by atoms with van der Waals surface area (Å²) in [5.74, 6) is 1.30. The van der Waals surface area contributed by atoms with Crippen LogP contribution in [0.1, 0.15) is 36.9 Å². The molecule has 1 atom stereocenters. The summed E-state index contributed by atoms with van der Waals surface area (Å²) in [6.45, 7) is 11.4. The molecule has 0 saturated carbocycles. The van der Waals surface area contributed by atoms with Gasteiger partial charge >= 0.3 is 0 Å². The molecule has 0 aliphatic carbocycles. The van der Waals surface area contributed by atoms with Crippen molar-refractivity contribution in [2.75, 3.05) is 18.8 Å². The number of thiophene rings is 1. The third-order valence-electron chi connectivity index (χ3n) is 3.46. The number of hydrogen-bond acceptors (Lipinski definition) is 4. The first kappa shape index (κ1) is 15.4. The van der Waals surface area contributed by atoms with Gasteiger partial charge in [-0.25, -0.2) is 0 Å². The smallest absolute Gasteiger partial charge is 0.0328 e. The summed E-state index contributed by atoms with van der Waals surface area (Å²) >= 11 is 4.11. The number of rotatable bonds is 6. The molecule has 1 unspecified atom stereocenters. The van der Waals surface area contributed by atoms with Gasteiger partial charge in [-0.2, -0.15) is 11.8 Å². The Balaban J connectivity index is 1.82. The van der Waals surface area contributed by atoms with Gasteiger partial charge in [0.2, 0.25) is 0 Å². The van der Waals surface area contributed by atoms with Crippen molar-refractivity contribution in [1.29, 1.82) is 0 Å². The molecule has 1 aliphatic rings. The monoisotopic (exact) mass is 298 g/mol. The van der Waals surface area contributed by atoms with Crippen LogP contribution in [-0.2, 0) is 13.1 Å². The lowest BCUT2D eigenvalue weighted by atomic mass is 10.3. The molecule has 0 aromatic carbocycles. The van der Waals surface area contributed by atoms with Crippen molar-refractivity contribution in [3.8, 4) is 0 Å². The lowest BCUT2D eigenvalue weighted by Gasteiger charge is -2.31. The fourth-order valence-corrected chi connectivity index (χ4v) is 4.56. The van der Waals surface area contributed by atoms with Crippen molar-refractivity contribution < 1.29 is 0 Å². The molecule has 2 rings (SSSR count). The minimum atomic E-state index is 0.565. The Morgan fingerprint density at radius 1 is 1.37 bits per heavy atom. The summed E-state index contributed by atoms with van der Waals surface area (Å²) in [5, 5.41) is 4.33. The van der Waals surface area contributed by atoms with Crippen molar-refractivity contribution in [2.45, 2.75) is 51.6 Å². The maximum atomic E-state index is 3.49. The minimum Gasteiger partial charge on any atom is -0.310 e. The molecule has 1 N–H and O–H groups in total. The lowest BCUT2D eigenvalue weighted by molar-refractivity contribution is 0.275. The third-order valence-corrected chi connectivity index (χ3v) is 5.90. The van der Waals surface area contributed by atoms with Gasteiger partial charge in [-0.05, 0) is 18.6 Å². The van der Waals surface area contributed by atoms with E-state index in [4.69, 9.17) is 0 Å². The molecule has 2 heterocycles. The van der Waals surface area contributed by atoms with E-state index >= 15 is 0 Å². The second-order valence-corrected chi connectivity index (χ2v) is 8.20. The second kappa shape index (κ2) is 7.67. The Hall–Kier alpha value is -0.0300. The average Bonchev–Trinajstić information content (AvgIpc) is 2.84. The van der Waals surface area contributed by atoms with Crippen molar-refractivity contribution in [1.82, 2.24) is 10.2 Å². The van der Waals surface area contributed by atoms with E-state index < -0.39 is 0 Å². The first-order valence-corrected chi connectivity index (χ1v) is 9.18. The second-order valence-electron chi connectivity index (χ2n) is 5.54. The maximum Gasteiger partial charge on any atom is 0.0328 e. The molecule has 0 amide bonds. The highest BCUT2D eigenvalue weighted by molar-refractivity contribution is 8.00. The van der Waals surface area contributed by atoms with E-state index in [1.165, 1.54) is 35.0 Å².